The molecule has 3 N–H and O–H groups in total. The Kier molecular flexibility index (Phi) is 7.33. The molecular formula is C21H27NO4. The average Bonchev–Trinajstić information content (AvgIpc) is 2.64. The quantitative estimate of drug-likeness (QED) is 0.643. The molecule has 0 aliphatic rings. The Hall–Kier alpha value is -2.21. The molecule has 2 aromatic rings. The Morgan fingerprint density at radius 1 is 0.962 bits per heavy atom. The molecule has 0 fully saturated rings. The molecule has 26 heavy (non-hydrogen) atoms. The van der Waals surface area contributed by atoms with Gasteiger partial charge in [-0.2, -0.15) is 0 Å². The van der Waals surface area contributed by atoms with Gasteiger partial charge in [0.15, 0.2) is 0 Å². The maximum absolute atomic E-state index is 11.4. The minimum absolute atomic E-state index is 0.130. The Balaban J connectivity index is 2.40. The van der Waals surface area contributed by atoms with Crippen LogP contribution in [0.4, 0.5) is 0 Å². The largest absolute Gasteiger partial charge is 0.481 e. The van der Waals surface area contributed by atoms with Crippen LogP contribution in [-0.2, 0) is 11.3 Å². The molecule has 0 bridgehead atoms. The average molecular weight is 357 g/mol. The summed E-state index contributed by atoms with van der Waals surface area (Å²) < 4.78 is 0. The first-order chi connectivity index (χ1) is 12.4. The van der Waals surface area contributed by atoms with Gasteiger partial charge in [-0.15, -0.1) is 0 Å². The van der Waals surface area contributed by atoms with Crippen molar-refractivity contribution in [3.63, 3.8) is 0 Å². The van der Waals surface area contributed by atoms with Gasteiger partial charge in [0.2, 0.25) is 0 Å². The summed E-state index contributed by atoms with van der Waals surface area (Å²) in [5, 5.41) is 29.8. The number of carbonyl (C=O) groups is 1. The van der Waals surface area contributed by atoms with Crippen LogP contribution >= 0.6 is 0 Å². The van der Waals surface area contributed by atoms with Gasteiger partial charge in [-0.25, -0.2) is 0 Å². The zero-order valence-corrected chi connectivity index (χ0v) is 15.2. The van der Waals surface area contributed by atoms with Gasteiger partial charge in [0.25, 0.3) is 0 Å². The fraction of sp³-hybridized carbons (Fsp3) is 0.381. The van der Waals surface area contributed by atoms with E-state index in [0.29, 0.717) is 6.54 Å². The van der Waals surface area contributed by atoms with Crippen molar-refractivity contribution in [1.29, 1.82) is 0 Å². The van der Waals surface area contributed by atoms with Gasteiger partial charge in [-0.1, -0.05) is 60.7 Å². The van der Waals surface area contributed by atoms with Crippen molar-refractivity contribution in [2.24, 2.45) is 0 Å². The molecule has 2 aromatic carbocycles. The Morgan fingerprint density at radius 2 is 1.50 bits per heavy atom. The number of hydrogen-bond acceptors (Lipinski definition) is 4. The highest BCUT2D eigenvalue weighted by Crippen LogP contribution is 2.28. The van der Waals surface area contributed by atoms with Crippen molar-refractivity contribution in [2.75, 3.05) is 0 Å². The summed E-state index contributed by atoms with van der Waals surface area (Å²) >= 11 is 0. The van der Waals surface area contributed by atoms with E-state index in [0.717, 1.165) is 11.1 Å². The van der Waals surface area contributed by atoms with E-state index >= 15 is 0 Å². The second-order valence-corrected chi connectivity index (χ2v) is 6.64. The maximum atomic E-state index is 11.4. The third-order valence-electron chi connectivity index (χ3n) is 4.69. The number of hydrogen-bond donors (Lipinski definition) is 3. The van der Waals surface area contributed by atoms with Gasteiger partial charge in [0, 0.05) is 18.6 Å². The highest BCUT2D eigenvalue weighted by atomic mass is 16.4. The minimum atomic E-state index is -1.17. The third-order valence-corrected chi connectivity index (χ3v) is 4.69. The van der Waals surface area contributed by atoms with Crippen LogP contribution in [-0.4, -0.2) is 44.4 Å². The van der Waals surface area contributed by atoms with Gasteiger partial charge in [0.05, 0.1) is 18.6 Å². The summed E-state index contributed by atoms with van der Waals surface area (Å²) in [6, 6.07) is 18.6. The summed E-state index contributed by atoms with van der Waals surface area (Å²) in [6.45, 7) is 3.94. The lowest BCUT2D eigenvalue weighted by molar-refractivity contribution is -0.141. The van der Waals surface area contributed by atoms with Crippen molar-refractivity contribution in [3.05, 3.63) is 71.8 Å². The Bertz CT molecular complexity index is 675. The third kappa shape index (κ3) is 5.39. The van der Waals surface area contributed by atoms with Crippen molar-refractivity contribution in [2.45, 2.75) is 51.1 Å². The number of aliphatic carboxylic acids is 1. The molecule has 0 amide bonds. The lowest BCUT2D eigenvalue weighted by Crippen LogP contribution is -2.49. The van der Waals surface area contributed by atoms with Crippen molar-refractivity contribution < 1.29 is 20.1 Å². The standard InChI is InChI=1S/C21H27NO4/c1-15(18-11-7-4-8-12-18)22(14-17-9-5-3-6-10-17)19(13-20(24)25)21(26)16(2)23/h3-12,15-16,19,21,23,26H,13-14H2,1-2H3,(H,24,25). The molecule has 0 saturated heterocycles. The van der Waals surface area contributed by atoms with E-state index in [1.165, 1.54) is 6.92 Å². The molecule has 0 aliphatic heterocycles. The van der Waals surface area contributed by atoms with Gasteiger partial charge >= 0.3 is 5.97 Å². The smallest absolute Gasteiger partial charge is 0.305 e. The highest BCUT2D eigenvalue weighted by Gasteiger charge is 2.34. The number of aliphatic hydroxyl groups is 2. The van der Waals surface area contributed by atoms with Gasteiger partial charge in [0.1, 0.15) is 0 Å². The number of carboxylic acids is 1. The molecule has 0 radical (unpaired) electrons. The molecule has 5 nitrogen and oxygen atoms in total. The molecule has 5 heteroatoms. The number of nitrogens with zero attached hydrogens (tertiary/aromatic N) is 1. The molecule has 0 spiro atoms. The molecule has 2 rings (SSSR count). The Labute approximate surface area is 154 Å². The lowest BCUT2D eigenvalue weighted by atomic mass is 9.96. The highest BCUT2D eigenvalue weighted by molar-refractivity contribution is 5.67. The van der Waals surface area contributed by atoms with Crippen molar-refractivity contribution in [1.82, 2.24) is 4.90 Å². The van der Waals surface area contributed by atoms with Gasteiger partial charge in [-0.3, -0.25) is 9.69 Å². The normalized spacial score (nSPS) is 16.0. The van der Waals surface area contributed by atoms with E-state index in [2.05, 4.69) is 0 Å². The van der Waals surface area contributed by atoms with Crippen LogP contribution in [0.2, 0.25) is 0 Å². The second kappa shape index (κ2) is 9.48. The van der Waals surface area contributed by atoms with E-state index in [1.807, 2.05) is 72.5 Å². The lowest BCUT2D eigenvalue weighted by Gasteiger charge is -2.39. The minimum Gasteiger partial charge on any atom is -0.481 e. The number of carboxylic acid groups (broad SMARTS) is 1. The SMILES string of the molecule is CC(O)C(O)C(CC(=O)O)N(Cc1ccccc1)C(C)c1ccccc1. The molecule has 4 unspecified atom stereocenters. The number of benzene rings is 2. The molecular weight excluding hydrogens is 330 g/mol. The summed E-state index contributed by atoms with van der Waals surface area (Å²) in [7, 11) is 0. The first-order valence-corrected chi connectivity index (χ1v) is 8.82. The summed E-state index contributed by atoms with van der Waals surface area (Å²) in [5.41, 5.74) is 2.04. The van der Waals surface area contributed by atoms with Crippen LogP contribution in [0.25, 0.3) is 0 Å². The summed E-state index contributed by atoms with van der Waals surface area (Å²) in [5.74, 6) is -1.01. The van der Waals surface area contributed by atoms with Crippen molar-refractivity contribution >= 4 is 5.97 Å². The first kappa shape index (κ1) is 20.1. The molecule has 0 heterocycles. The first-order valence-electron chi connectivity index (χ1n) is 8.82. The van der Waals surface area contributed by atoms with Crippen LogP contribution in [0.15, 0.2) is 60.7 Å². The molecule has 140 valence electrons. The fourth-order valence-corrected chi connectivity index (χ4v) is 3.19. The van der Waals surface area contributed by atoms with Crippen molar-refractivity contribution in [3.8, 4) is 0 Å². The van der Waals surface area contributed by atoms with Gasteiger partial charge in [-0.05, 0) is 25.0 Å². The predicted octanol–water partition coefficient (Wildman–Crippen LogP) is 2.83. The monoisotopic (exact) mass is 357 g/mol. The molecule has 4 atom stereocenters. The van der Waals surface area contributed by atoms with E-state index in [4.69, 9.17) is 0 Å². The fourth-order valence-electron chi connectivity index (χ4n) is 3.19. The van der Waals surface area contributed by atoms with Crippen LogP contribution < -0.4 is 0 Å². The number of aliphatic hydroxyl groups excluding tert-OH is 2. The number of rotatable bonds is 9. The zero-order chi connectivity index (χ0) is 19.1. The van der Waals surface area contributed by atoms with E-state index in [-0.39, 0.29) is 12.5 Å². The second-order valence-electron chi connectivity index (χ2n) is 6.64. The molecule has 0 aliphatic carbocycles. The van der Waals surface area contributed by atoms with Gasteiger partial charge < -0.3 is 15.3 Å². The summed E-state index contributed by atoms with van der Waals surface area (Å²) in [6.07, 6.45) is -2.45. The van der Waals surface area contributed by atoms with E-state index in [1.54, 1.807) is 0 Å². The van der Waals surface area contributed by atoms with E-state index < -0.39 is 24.2 Å². The van der Waals surface area contributed by atoms with Crippen LogP contribution in [0.1, 0.15) is 37.4 Å². The summed E-state index contributed by atoms with van der Waals surface area (Å²) in [4.78, 5) is 13.4. The molecule has 0 saturated carbocycles. The van der Waals surface area contributed by atoms with E-state index in [9.17, 15) is 20.1 Å². The topological polar surface area (TPSA) is 81.0 Å². The Morgan fingerprint density at radius 3 is 2.00 bits per heavy atom. The van der Waals surface area contributed by atoms with Crippen LogP contribution in [0.3, 0.4) is 0 Å². The zero-order valence-electron chi connectivity index (χ0n) is 15.2. The molecule has 0 aromatic heterocycles. The van der Waals surface area contributed by atoms with Crippen LogP contribution in [0.5, 0.6) is 0 Å². The van der Waals surface area contributed by atoms with Crippen LogP contribution in [0, 0.1) is 0 Å². The maximum Gasteiger partial charge on any atom is 0.305 e. The predicted molar refractivity (Wildman–Crippen MR) is 101 cm³/mol.